The summed E-state index contributed by atoms with van der Waals surface area (Å²) < 4.78 is 0. The van der Waals surface area contributed by atoms with Crippen LogP contribution in [0.5, 0.6) is 0 Å². The molecule has 0 bridgehead atoms. The minimum absolute atomic E-state index is 0. The van der Waals surface area contributed by atoms with Gasteiger partial charge in [0.05, 0.1) is 16.0 Å². The van der Waals surface area contributed by atoms with Gasteiger partial charge in [0.25, 0.3) is 0 Å². The lowest BCUT2D eigenvalue weighted by atomic mass is 10.2. The lowest BCUT2D eigenvalue weighted by molar-refractivity contribution is 0.486. The predicted octanol–water partition coefficient (Wildman–Crippen LogP) is 3.78. The molecule has 3 aromatic rings. The van der Waals surface area contributed by atoms with Crippen LogP contribution >= 0.6 is 23.7 Å². The number of nitrogens with zero attached hydrogens (tertiary/aromatic N) is 3. The van der Waals surface area contributed by atoms with Crippen molar-refractivity contribution in [1.29, 1.82) is 0 Å². The van der Waals surface area contributed by atoms with Crippen molar-refractivity contribution in [3.8, 4) is 11.5 Å². The topological polar surface area (TPSA) is 56.8 Å². The van der Waals surface area contributed by atoms with E-state index < -0.39 is 0 Å². The Labute approximate surface area is 157 Å². The van der Waals surface area contributed by atoms with Gasteiger partial charge in [0.2, 0.25) is 0 Å². The molecule has 3 heterocycles. The molecular formula is C18H22ClN5S. The first-order chi connectivity index (χ1) is 11.8. The van der Waals surface area contributed by atoms with E-state index in [1.807, 2.05) is 23.5 Å². The number of imidazole rings is 1. The molecule has 25 heavy (non-hydrogen) atoms. The predicted molar refractivity (Wildman–Crippen MR) is 106 cm³/mol. The molecule has 0 spiro atoms. The number of fused-ring (bicyclic) bond motifs is 1. The number of hydrogen-bond acceptors (Lipinski definition) is 5. The van der Waals surface area contributed by atoms with Gasteiger partial charge in [0, 0.05) is 31.6 Å². The summed E-state index contributed by atoms with van der Waals surface area (Å²) in [7, 11) is 0. The Kier molecular flexibility index (Phi) is 4.43. The highest BCUT2D eigenvalue weighted by atomic mass is 35.5. The second-order valence-electron chi connectivity index (χ2n) is 6.88. The standard InChI is InChI=1S/C18H21N5S.ClH/c1-11-10-23(9-8-19-11)18-15(22-17(24-18)12-6-7-12)16-20-13-4-2-3-5-14(13)21-16;/h2-5,11-12,19H,6-10H2,1H3,(H,20,21);1H. The largest absolute Gasteiger partial charge is 0.359 e. The first kappa shape index (κ1) is 16.8. The number of rotatable bonds is 3. The fourth-order valence-corrected chi connectivity index (χ4v) is 4.65. The number of thiazole rings is 1. The number of benzene rings is 1. The Hall–Kier alpha value is -1.63. The fourth-order valence-electron chi connectivity index (χ4n) is 3.38. The molecule has 5 rings (SSSR count). The van der Waals surface area contributed by atoms with Gasteiger partial charge < -0.3 is 15.2 Å². The number of para-hydroxylation sites is 2. The average Bonchev–Trinajstić information content (AvgIpc) is 3.20. The summed E-state index contributed by atoms with van der Waals surface area (Å²) in [4.78, 5) is 15.7. The van der Waals surface area contributed by atoms with Gasteiger partial charge >= 0.3 is 0 Å². The third-order valence-corrected chi connectivity index (χ3v) is 6.10. The summed E-state index contributed by atoms with van der Waals surface area (Å²) in [6.07, 6.45) is 2.56. The summed E-state index contributed by atoms with van der Waals surface area (Å²) in [5.74, 6) is 1.58. The maximum atomic E-state index is 5.00. The normalized spacial score (nSPS) is 20.7. The molecule has 2 aromatic heterocycles. The zero-order chi connectivity index (χ0) is 16.1. The Bertz CT molecular complexity index is 852. The van der Waals surface area contributed by atoms with E-state index in [-0.39, 0.29) is 12.4 Å². The number of hydrogen-bond donors (Lipinski definition) is 2. The molecule has 1 aliphatic heterocycles. The van der Waals surface area contributed by atoms with Crippen molar-refractivity contribution in [1.82, 2.24) is 20.3 Å². The van der Waals surface area contributed by atoms with Crippen molar-refractivity contribution >= 4 is 39.8 Å². The smallest absolute Gasteiger partial charge is 0.160 e. The van der Waals surface area contributed by atoms with Crippen LogP contribution in [-0.2, 0) is 0 Å². The molecule has 0 radical (unpaired) electrons. The molecular weight excluding hydrogens is 354 g/mol. The van der Waals surface area contributed by atoms with E-state index in [9.17, 15) is 0 Å². The van der Waals surface area contributed by atoms with Crippen molar-refractivity contribution in [2.45, 2.75) is 31.7 Å². The van der Waals surface area contributed by atoms with Crippen molar-refractivity contribution in [3.05, 3.63) is 29.3 Å². The molecule has 5 nitrogen and oxygen atoms in total. The highest BCUT2D eigenvalue weighted by Gasteiger charge is 2.31. The number of anilines is 1. The number of nitrogens with one attached hydrogen (secondary N) is 2. The van der Waals surface area contributed by atoms with Crippen LogP contribution in [0.4, 0.5) is 5.00 Å². The second-order valence-corrected chi connectivity index (χ2v) is 7.89. The van der Waals surface area contributed by atoms with Gasteiger partial charge in [-0.05, 0) is 31.9 Å². The lowest BCUT2D eigenvalue weighted by Gasteiger charge is -2.32. The summed E-state index contributed by atoms with van der Waals surface area (Å²) >= 11 is 1.87. The molecule has 132 valence electrons. The van der Waals surface area contributed by atoms with Gasteiger partial charge in [-0.3, -0.25) is 0 Å². The molecule has 2 aliphatic rings. The van der Waals surface area contributed by atoms with Crippen molar-refractivity contribution in [2.75, 3.05) is 24.5 Å². The monoisotopic (exact) mass is 375 g/mol. The van der Waals surface area contributed by atoms with Crippen LogP contribution in [0.1, 0.15) is 30.7 Å². The van der Waals surface area contributed by atoms with E-state index in [1.165, 1.54) is 22.9 Å². The quantitative estimate of drug-likeness (QED) is 0.731. The molecule has 7 heteroatoms. The number of aromatic amines is 1. The van der Waals surface area contributed by atoms with Crippen LogP contribution in [0.2, 0.25) is 0 Å². The third kappa shape index (κ3) is 3.14. The number of aromatic nitrogens is 3. The Morgan fingerprint density at radius 3 is 2.80 bits per heavy atom. The molecule has 1 aliphatic carbocycles. The van der Waals surface area contributed by atoms with Crippen LogP contribution in [0.15, 0.2) is 24.3 Å². The molecule has 2 fully saturated rings. The van der Waals surface area contributed by atoms with E-state index in [1.54, 1.807) is 0 Å². The van der Waals surface area contributed by atoms with Crippen LogP contribution < -0.4 is 10.2 Å². The Morgan fingerprint density at radius 1 is 1.20 bits per heavy atom. The SMILES string of the molecule is CC1CN(c2sc(C3CC3)nc2-c2nc3ccccc3[nH]2)CCN1.Cl. The lowest BCUT2D eigenvalue weighted by Crippen LogP contribution is -2.49. The number of H-pyrrole nitrogens is 1. The highest BCUT2D eigenvalue weighted by Crippen LogP contribution is 2.47. The Morgan fingerprint density at radius 2 is 2.04 bits per heavy atom. The zero-order valence-corrected chi connectivity index (χ0v) is 15.8. The molecule has 1 atom stereocenters. The van der Waals surface area contributed by atoms with Crippen LogP contribution in [-0.4, -0.2) is 40.6 Å². The Balaban J connectivity index is 0.00000157. The molecule has 1 saturated heterocycles. The zero-order valence-electron chi connectivity index (χ0n) is 14.2. The van der Waals surface area contributed by atoms with E-state index in [0.717, 1.165) is 42.2 Å². The third-order valence-electron chi connectivity index (χ3n) is 4.82. The number of halogens is 1. The average molecular weight is 376 g/mol. The van der Waals surface area contributed by atoms with E-state index >= 15 is 0 Å². The second kappa shape index (κ2) is 6.59. The minimum atomic E-state index is 0. The van der Waals surface area contributed by atoms with Crippen LogP contribution in [0, 0.1) is 0 Å². The first-order valence-electron chi connectivity index (χ1n) is 8.72. The molecule has 0 amide bonds. The van der Waals surface area contributed by atoms with Gasteiger partial charge in [-0.1, -0.05) is 12.1 Å². The highest BCUT2D eigenvalue weighted by molar-refractivity contribution is 7.16. The first-order valence-corrected chi connectivity index (χ1v) is 9.54. The summed E-state index contributed by atoms with van der Waals surface area (Å²) in [6, 6.07) is 8.71. The van der Waals surface area contributed by atoms with Crippen molar-refractivity contribution < 1.29 is 0 Å². The van der Waals surface area contributed by atoms with Crippen LogP contribution in [0.3, 0.4) is 0 Å². The maximum Gasteiger partial charge on any atom is 0.160 e. The summed E-state index contributed by atoms with van der Waals surface area (Å²) in [5, 5.41) is 6.09. The van der Waals surface area contributed by atoms with Gasteiger partial charge in [0.1, 0.15) is 10.7 Å². The maximum absolute atomic E-state index is 5.00. The molecule has 1 unspecified atom stereocenters. The van der Waals surface area contributed by atoms with E-state index in [4.69, 9.17) is 9.97 Å². The molecule has 1 saturated carbocycles. The van der Waals surface area contributed by atoms with Crippen molar-refractivity contribution in [2.24, 2.45) is 0 Å². The van der Waals surface area contributed by atoms with E-state index in [0.29, 0.717) is 12.0 Å². The van der Waals surface area contributed by atoms with Gasteiger partial charge in [-0.25, -0.2) is 9.97 Å². The fraction of sp³-hybridized carbons (Fsp3) is 0.444. The van der Waals surface area contributed by atoms with Crippen LogP contribution in [0.25, 0.3) is 22.6 Å². The summed E-state index contributed by atoms with van der Waals surface area (Å²) in [5.41, 5.74) is 3.12. The van der Waals surface area contributed by atoms with E-state index in [2.05, 4.69) is 34.3 Å². The van der Waals surface area contributed by atoms with Gasteiger partial charge in [-0.2, -0.15) is 0 Å². The van der Waals surface area contributed by atoms with Gasteiger partial charge in [0.15, 0.2) is 5.82 Å². The number of piperazine rings is 1. The molecule has 1 aromatic carbocycles. The summed E-state index contributed by atoms with van der Waals surface area (Å²) in [6.45, 7) is 5.33. The van der Waals surface area contributed by atoms with Crippen molar-refractivity contribution in [3.63, 3.8) is 0 Å². The minimum Gasteiger partial charge on any atom is -0.359 e. The molecule has 2 N–H and O–H groups in total. The van der Waals surface area contributed by atoms with Gasteiger partial charge in [-0.15, -0.1) is 23.7 Å².